The molecule has 0 unspecified atom stereocenters. The molecule has 0 fully saturated rings. The number of hydrogen-bond acceptors (Lipinski definition) is 6. The first kappa shape index (κ1) is 13.3. The molecule has 0 aromatic carbocycles. The Hall–Kier alpha value is -0.740. The van der Waals surface area contributed by atoms with Gasteiger partial charge in [0.05, 0.1) is 12.7 Å². The second-order valence-corrected chi connectivity index (χ2v) is 4.53. The summed E-state index contributed by atoms with van der Waals surface area (Å²) in [5.74, 6) is 0. The van der Waals surface area contributed by atoms with Crippen molar-refractivity contribution in [2.75, 3.05) is 26.8 Å². The monoisotopic (exact) mass is 260 g/mol. The third kappa shape index (κ3) is 4.41. The summed E-state index contributed by atoms with van der Waals surface area (Å²) in [6, 6.07) is 2.12. The summed E-state index contributed by atoms with van der Waals surface area (Å²) in [6.07, 6.45) is 0.485. The van der Waals surface area contributed by atoms with Crippen molar-refractivity contribution in [3.63, 3.8) is 0 Å². The van der Waals surface area contributed by atoms with Gasteiger partial charge < -0.3 is 4.74 Å². The summed E-state index contributed by atoms with van der Waals surface area (Å²) in [5.41, 5.74) is 0.765. The van der Waals surface area contributed by atoms with Gasteiger partial charge in [0.2, 0.25) is 0 Å². The van der Waals surface area contributed by atoms with Crippen molar-refractivity contribution >= 4 is 23.1 Å². The van der Waals surface area contributed by atoms with Crippen molar-refractivity contribution in [3.05, 3.63) is 10.0 Å². The van der Waals surface area contributed by atoms with E-state index in [2.05, 4.69) is 20.6 Å². The summed E-state index contributed by atoms with van der Waals surface area (Å²) >= 11 is 7.10. The molecule has 0 saturated carbocycles. The van der Waals surface area contributed by atoms with Crippen molar-refractivity contribution in [1.82, 2.24) is 14.5 Å². The van der Waals surface area contributed by atoms with E-state index in [4.69, 9.17) is 21.6 Å². The average molecular weight is 261 g/mol. The van der Waals surface area contributed by atoms with Gasteiger partial charge in [-0.1, -0.05) is 16.1 Å². The van der Waals surface area contributed by atoms with E-state index in [0.717, 1.165) is 12.2 Å². The molecule has 0 aliphatic heterocycles. The van der Waals surface area contributed by atoms with Crippen LogP contribution in [0.1, 0.15) is 12.1 Å². The first-order valence-corrected chi connectivity index (χ1v) is 5.98. The number of hydrogen-bond donors (Lipinski definition) is 0. The van der Waals surface area contributed by atoms with Crippen LogP contribution >= 0.6 is 23.1 Å². The highest BCUT2D eigenvalue weighted by Gasteiger charge is 2.11. The van der Waals surface area contributed by atoms with Gasteiger partial charge in [0.25, 0.3) is 0 Å². The minimum atomic E-state index is 0.485. The molecule has 5 nitrogen and oxygen atoms in total. The highest BCUT2D eigenvalue weighted by atomic mass is 35.5. The van der Waals surface area contributed by atoms with E-state index in [9.17, 15) is 0 Å². The zero-order chi connectivity index (χ0) is 11.8. The van der Waals surface area contributed by atoms with Crippen molar-refractivity contribution in [2.24, 2.45) is 0 Å². The smallest absolute Gasteiger partial charge is 0.138 e. The van der Waals surface area contributed by atoms with Crippen LogP contribution in [0.5, 0.6) is 0 Å². The molecule has 0 atom stereocenters. The fourth-order valence-corrected chi connectivity index (χ4v) is 1.81. The summed E-state index contributed by atoms with van der Waals surface area (Å²) in [5, 5.41) is 12.5. The van der Waals surface area contributed by atoms with Crippen LogP contribution in [-0.4, -0.2) is 41.3 Å². The van der Waals surface area contributed by atoms with Gasteiger partial charge in [-0.3, -0.25) is 4.90 Å². The first-order valence-electron chi connectivity index (χ1n) is 4.83. The highest BCUT2D eigenvalue weighted by molar-refractivity contribution is 7.10. The normalized spacial score (nSPS) is 10.6. The molecule has 0 saturated heterocycles. The van der Waals surface area contributed by atoms with E-state index in [1.165, 1.54) is 11.5 Å². The Morgan fingerprint density at radius 3 is 2.94 bits per heavy atom. The van der Waals surface area contributed by atoms with Gasteiger partial charge >= 0.3 is 0 Å². The molecule has 7 heteroatoms. The highest BCUT2D eigenvalue weighted by Crippen LogP contribution is 2.18. The van der Waals surface area contributed by atoms with E-state index in [1.807, 2.05) is 0 Å². The summed E-state index contributed by atoms with van der Waals surface area (Å²) in [7, 11) is 1.65. The Morgan fingerprint density at radius 2 is 2.38 bits per heavy atom. The maximum Gasteiger partial charge on any atom is 0.138 e. The van der Waals surface area contributed by atoms with Gasteiger partial charge in [0.15, 0.2) is 0 Å². The molecular weight excluding hydrogens is 248 g/mol. The molecule has 1 aromatic rings. The van der Waals surface area contributed by atoms with E-state index in [0.29, 0.717) is 30.5 Å². The lowest BCUT2D eigenvalue weighted by Crippen LogP contribution is -2.28. The molecular formula is C9H13ClN4OS. The summed E-state index contributed by atoms with van der Waals surface area (Å²) in [4.78, 5) is 2.08. The minimum Gasteiger partial charge on any atom is -0.383 e. The van der Waals surface area contributed by atoms with Gasteiger partial charge in [0, 0.05) is 44.7 Å². The van der Waals surface area contributed by atoms with Crippen molar-refractivity contribution in [1.29, 1.82) is 5.26 Å². The largest absolute Gasteiger partial charge is 0.383 e. The van der Waals surface area contributed by atoms with E-state index in [1.54, 1.807) is 7.11 Å². The topological polar surface area (TPSA) is 62.0 Å². The second-order valence-electron chi connectivity index (χ2n) is 3.17. The Morgan fingerprint density at radius 1 is 1.56 bits per heavy atom. The average Bonchev–Trinajstić information content (AvgIpc) is 2.68. The SMILES string of the molecule is COCCN(CCC#N)Cc1nnsc1Cl. The summed E-state index contributed by atoms with van der Waals surface area (Å²) < 4.78 is 9.39. The molecule has 0 N–H and O–H groups in total. The van der Waals surface area contributed by atoms with Gasteiger partial charge in [-0.2, -0.15) is 5.26 Å². The molecule has 88 valence electrons. The number of nitriles is 1. The number of halogens is 1. The van der Waals surface area contributed by atoms with E-state index >= 15 is 0 Å². The maximum atomic E-state index is 8.56. The van der Waals surface area contributed by atoms with Crippen molar-refractivity contribution < 1.29 is 4.74 Å². The van der Waals surface area contributed by atoms with E-state index < -0.39 is 0 Å². The Bertz CT molecular complexity index is 352. The molecule has 0 aliphatic carbocycles. The quantitative estimate of drug-likeness (QED) is 0.744. The third-order valence-corrected chi connectivity index (χ3v) is 3.02. The molecule has 1 rings (SSSR count). The fraction of sp³-hybridized carbons (Fsp3) is 0.667. The summed E-state index contributed by atoms with van der Waals surface area (Å²) in [6.45, 7) is 2.68. The minimum absolute atomic E-state index is 0.485. The molecule has 0 radical (unpaired) electrons. The Labute approximate surface area is 104 Å². The lowest BCUT2D eigenvalue weighted by molar-refractivity contribution is 0.144. The molecule has 0 aliphatic rings. The number of rotatable bonds is 7. The molecule has 1 aromatic heterocycles. The van der Waals surface area contributed by atoms with Gasteiger partial charge in [-0.05, 0) is 0 Å². The van der Waals surface area contributed by atoms with Crippen LogP contribution < -0.4 is 0 Å². The molecule has 0 bridgehead atoms. The third-order valence-electron chi connectivity index (χ3n) is 2.03. The number of methoxy groups -OCH3 is 1. The van der Waals surface area contributed by atoms with Crippen molar-refractivity contribution in [3.8, 4) is 6.07 Å². The van der Waals surface area contributed by atoms with Crippen molar-refractivity contribution in [2.45, 2.75) is 13.0 Å². The Kier molecular flexibility index (Phi) is 6.26. The first-order chi connectivity index (χ1) is 7.77. The maximum absolute atomic E-state index is 8.56. The van der Waals surface area contributed by atoms with Crippen LogP contribution in [0.25, 0.3) is 0 Å². The van der Waals surface area contributed by atoms with Gasteiger partial charge in [-0.15, -0.1) is 5.10 Å². The zero-order valence-electron chi connectivity index (χ0n) is 9.02. The fourth-order valence-electron chi connectivity index (χ4n) is 1.20. The van der Waals surface area contributed by atoms with Crippen LogP contribution in [0.3, 0.4) is 0 Å². The molecule has 1 heterocycles. The standard InChI is InChI=1S/C9H13ClN4OS/c1-15-6-5-14(4-2-3-11)7-8-9(10)16-13-12-8/h2,4-7H2,1H3. The molecule has 16 heavy (non-hydrogen) atoms. The van der Waals surface area contributed by atoms with Crippen LogP contribution in [0, 0.1) is 11.3 Å². The number of ether oxygens (including phenoxy) is 1. The lowest BCUT2D eigenvalue weighted by atomic mass is 10.3. The second kappa shape index (κ2) is 7.52. The van der Waals surface area contributed by atoms with E-state index in [-0.39, 0.29) is 0 Å². The van der Waals surface area contributed by atoms with Crippen LogP contribution in [0.15, 0.2) is 0 Å². The lowest BCUT2D eigenvalue weighted by Gasteiger charge is -2.19. The predicted molar refractivity (Wildman–Crippen MR) is 62.3 cm³/mol. The van der Waals surface area contributed by atoms with Gasteiger partial charge in [0.1, 0.15) is 10.0 Å². The Balaban J connectivity index is 2.49. The number of nitrogens with zero attached hydrogens (tertiary/aromatic N) is 4. The zero-order valence-corrected chi connectivity index (χ0v) is 10.6. The van der Waals surface area contributed by atoms with Gasteiger partial charge in [-0.25, -0.2) is 0 Å². The predicted octanol–water partition coefficient (Wildman–Crippen LogP) is 1.55. The molecule has 0 spiro atoms. The molecule has 0 amide bonds. The number of aromatic nitrogens is 2. The van der Waals surface area contributed by atoms with Crippen LogP contribution in [-0.2, 0) is 11.3 Å². The van der Waals surface area contributed by atoms with Crippen LogP contribution in [0.4, 0.5) is 0 Å². The van der Waals surface area contributed by atoms with Crippen LogP contribution in [0.2, 0.25) is 4.34 Å².